The predicted molar refractivity (Wildman–Crippen MR) is 86.4 cm³/mol. The number of allylic oxidation sites excluding steroid dienone is 1. The van der Waals surface area contributed by atoms with Crippen molar-refractivity contribution in [2.24, 2.45) is 0 Å². The van der Waals surface area contributed by atoms with Crippen molar-refractivity contribution in [1.82, 2.24) is 0 Å². The van der Waals surface area contributed by atoms with E-state index in [1.165, 1.54) is 5.56 Å². The van der Waals surface area contributed by atoms with Gasteiger partial charge in [0.25, 0.3) is 0 Å². The highest BCUT2D eigenvalue weighted by Gasteiger charge is 2.10. The van der Waals surface area contributed by atoms with Gasteiger partial charge >= 0.3 is 0 Å². The molecular formula is C19H22O2. The van der Waals surface area contributed by atoms with Crippen molar-refractivity contribution in [2.75, 3.05) is 6.61 Å². The summed E-state index contributed by atoms with van der Waals surface area (Å²) in [6, 6.07) is 20.0. The van der Waals surface area contributed by atoms with Crippen molar-refractivity contribution in [3.05, 3.63) is 78.9 Å². The third-order valence-electron chi connectivity index (χ3n) is 3.20. The molecule has 1 atom stereocenters. The van der Waals surface area contributed by atoms with Crippen LogP contribution in [0.5, 0.6) is 5.75 Å². The molecule has 0 aromatic heterocycles. The molecule has 0 bridgehead atoms. The first-order valence-corrected chi connectivity index (χ1v) is 7.33. The number of rotatable bonds is 9. The molecule has 2 aromatic rings. The fourth-order valence-electron chi connectivity index (χ4n) is 2.01. The van der Waals surface area contributed by atoms with Gasteiger partial charge in [0.1, 0.15) is 12.4 Å². The highest BCUT2D eigenvalue weighted by atomic mass is 16.5. The fraction of sp³-hybridized carbons (Fsp3) is 0.263. The van der Waals surface area contributed by atoms with E-state index in [1.807, 2.05) is 54.6 Å². The second kappa shape index (κ2) is 8.98. The van der Waals surface area contributed by atoms with Crippen LogP contribution >= 0.6 is 0 Å². The Labute approximate surface area is 127 Å². The molecule has 2 aromatic carbocycles. The summed E-state index contributed by atoms with van der Waals surface area (Å²) < 4.78 is 11.8. The second-order valence-electron chi connectivity index (χ2n) is 4.91. The topological polar surface area (TPSA) is 18.5 Å². The van der Waals surface area contributed by atoms with Gasteiger partial charge in [-0.3, -0.25) is 0 Å². The molecule has 0 aliphatic rings. The summed E-state index contributed by atoms with van der Waals surface area (Å²) in [5, 5.41) is 0. The molecule has 0 saturated heterocycles. The van der Waals surface area contributed by atoms with E-state index in [1.54, 1.807) is 0 Å². The molecule has 0 N–H and O–H groups in total. The first kappa shape index (κ1) is 15.3. The maximum atomic E-state index is 5.98. The summed E-state index contributed by atoms with van der Waals surface area (Å²) in [7, 11) is 0. The van der Waals surface area contributed by atoms with Crippen LogP contribution in [0.25, 0.3) is 0 Å². The Hall–Kier alpha value is -2.06. The molecule has 0 heterocycles. The zero-order valence-corrected chi connectivity index (χ0v) is 12.3. The van der Waals surface area contributed by atoms with Crippen LogP contribution in [0.1, 0.15) is 18.4 Å². The van der Waals surface area contributed by atoms with Gasteiger partial charge in [0, 0.05) is 0 Å². The Bertz CT molecular complexity index is 464. The van der Waals surface area contributed by atoms with Crippen LogP contribution in [0.4, 0.5) is 0 Å². The van der Waals surface area contributed by atoms with Crippen molar-refractivity contribution in [2.45, 2.75) is 25.6 Å². The summed E-state index contributed by atoms with van der Waals surface area (Å²) in [5.41, 5.74) is 1.18. The number of ether oxygens (including phenoxy) is 2. The quantitative estimate of drug-likeness (QED) is 0.625. The summed E-state index contributed by atoms with van der Waals surface area (Å²) in [4.78, 5) is 0. The standard InChI is InChI=1S/C19H22O2/c1-2-3-12-19(16-21-18-13-8-5-9-14-18)20-15-17-10-6-4-7-11-17/h2,4-11,13-14,19H,1,3,12,15-16H2. The zero-order valence-electron chi connectivity index (χ0n) is 12.3. The van der Waals surface area contributed by atoms with Gasteiger partial charge in [-0.05, 0) is 30.5 Å². The highest BCUT2D eigenvalue weighted by Crippen LogP contribution is 2.13. The van der Waals surface area contributed by atoms with Crippen molar-refractivity contribution in [3.8, 4) is 5.75 Å². The van der Waals surface area contributed by atoms with Crippen LogP contribution in [-0.2, 0) is 11.3 Å². The van der Waals surface area contributed by atoms with Crippen LogP contribution in [0, 0.1) is 0 Å². The molecule has 0 aliphatic carbocycles. The lowest BCUT2D eigenvalue weighted by Crippen LogP contribution is -2.21. The van der Waals surface area contributed by atoms with Gasteiger partial charge in [0.05, 0.1) is 12.7 Å². The van der Waals surface area contributed by atoms with Crippen LogP contribution in [-0.4, -0.2) is 12.7 Å². The fourth-order valence-corrected chi connectivity index (χ4v) is 2.01. The molecule has 0 fully saturated rings. The van der Waals surface area contributed by atoms with Gasteiger partial charge in [0.15, 0.2) is 0 Å². The molecule has 0 saturated carbocycles. The van der Waals surface area contributed by atoms with Crippen LogP contribution in [0.2, 0.25) is 0 Å². The first-order chi connectivity index (χ1) is 10.4. The minimum atomic E-state index is 0.0726. The zero-order chi connectivity index (χ0) is 14.8. The Morgan fingerprint density at radius 3 is 2.29 bits per heavy atom. The van der Waals surface area contributed by atoms with Crippen molar-refractivity contribution in [1.29, 1.82) is 0 Å². The monoisotopic (exact) mass is 282 g/mol. The molecule has 0 radical (unpaired) electrons. The average Bonchev–Trinajstić information content (AvgIpc) is 2.56. The molecule has 2 heteroatoms. The van der Waals surface area contributed by atoms with Gasteiger partial charge in [-0.1, -0.05) is 54.6 Å². The van der Waals surface area contributed by atoms with E-state index < -0.39 is 0 Å². The Balaban J connectivity index is 1.83. The van der Waals surface area contributed by atoms with Crippen molar-refractivity contribution < 1.29 is 9.47 Å². The average molecular weight is 282 g/mol. The minimum Gasteiger partial charge on any atom is -0.491 e. The van der Waals surface area contributed by atoms with Gasteiger partial charge in [-0.15, -0.1) is 6.58 Å². The lowest BCUT2D eigenvalue weighted by Gasteiger charge is -2.18. The smallest absolute Gasteiger partial charge is 0.119 e. The molecule has 2 rings (SSSR count). The summed E-state index contributed by atoms with van der Waals surface area (Å²) in [6.45, 7) is 4.94. The van der Waals surface area contributed by atoms with Gasteiger partial charge in [0.2, 0.25) is 0 Å². The number of hydrogen-bond donors (Lipinski definition) is 0. The van der Waals surface area contributed by atoms with Gasteiger partial charge in [-0.2, -0.15) is 0 Å². The number of para-hydroxylation sites is 1. The third-order valence-corrected chi connectivity index (χ3v) is 3.20. The van der Waals surface area contributed by atoms with Gasteiger partial charge in [-0.25, -0.2) is 0 Å². The lowest BCUT2D eigenvalue weighted by atomic mass is 10.2. The molecule has 1 unspecified atom stereocenters. The van der Waals surface area contributed by atoms with Crippen LogP contribution in [0.15, 0.2) is 73.3 Å². The SMILES string of the molecule is C=CCCC(COc1ccccc1)OCc1ccccc1. The summed E-state index contributed by atoms with van der Waals surface area (Å²) in [6.07, 6.45) is 3.84. The van der Waals surface area contributed by atoms with E-state index in [0.29, 0.717) is 13.2 Å². The molecule has 0 spiro atoms. The van der Waals surface area contributed by atoms with E-state index in [4.69, 9.17) is 9.47 Å². The second-order valence-corrected chi connectivity index (χ2v) is 4.91. The maximum absolute atomic E-state index is 5.98. The van der Waals surface area contributed by atoms with Crippen molar-refractivity contribution in [3.63, 3.8) is 0 Å². The highest BCUT2D eigenvalue weighted by molar-refractivity contribution is 5.20. The number of benzene rings is 2. The normalized spacial score (nSPS) is 11.8. The predicted octanol–water partition coefficient (Wildman–Crippen LogP) is 4.62. The molecular weight excluding hydrogens is 260 g/mol. The molecule has 21 heavy (non-hydrogen) atoms. The van der Waals surface area contributed by atoms with E-state index in [-0.39, 0.29) is 6.10 Å². The minimum absolute atomic E-state index is 0.0726. The lowest BCUT2D eigenvalue weighted by molar-refractivity contribution is 0.00520. The first-order valence-electron chi connectivity index (χ1n) is 7.33. The largest absolute Gasteiger partial charge is 0.491 e. The van der Waals surface area contributed by atoms with E-state index in [9.17, 15) is 0 Å². The molecule has 0 aliphatic heterocycles. The summed E-state index contributed by atoms with van der Waals surface area (Å²) in [5.74, 6) is 0.879. The summed E-state index contributed by atoms with van der Waals surface area (Å²) >= 11 is 0. The maximum Gasteiger partial charge on any atom is 0.119 e. The molecule has 2 nitrogen and oxygen atoms in total. The van der Waals surface area contributed by atoms with E-state index in [2.05, 4.69) is 18.7 Å². The number of hydrogen-bond acceptors (Lipinski definition) is 2. The van der Waals surface area contributed by atoms with Gasteiger partial charge < -0.3 is 9.47 Å². The van der Waals surface area contributed by atoms with Crippen LogP contribution in [0.3, 0.4) is 0 Å². The van der Waals surface area contributed by atoms with E-state index >= 15 is 0 Å². The van der Waals surface area contributed by atoms with Crippen molar-refractivity contribution >= 4 is 0 Å². The Morgan fingerprint density at radius 1 is 0.952 bits per heavy atom. The van der Waals surface area contributed by atoms with E-state index in [0.717, 1.165) is 18.6 Å². The third kappa shape index (κ3) is 5.84. The van der Waals surface area contributed by atoms with Crippen LogP contribution < -0.4 is 4.74 Å². The Morgan fingerprint density at radius 2 is 1.62 bits per heavy atom. The Kier molecular flexibility index (Phi) is 6.56. The molecule has 110 valence electrons. The molecule has 0 amide bonds.